The van der Waals surface area contributed by atoms with Crippen molar-refractivity contribution in [1.82, 2.24) is 14.5 Å². The quantitative estimate of drug-likeness (QED) is 0.651. The first kappa shape index (κ1) is 23.6. The van der Waals surface area contributed by atoms with Gasteiger partial charge in [-0.2, -0.15) is 5.26 Å². The molecule has 10 heteroatoms. The molecule has 30 heavy (non-hydrogen) atoms. The number of hydrogen-bond acceptors (Lipinski definition) is 6. The van der Waals surface area contributed by atoms with Crippen LogP contribution >= 0.6 is 0 Å². The first-order valence-corrected chi connectivity index (χ1v) is 11.4. The average molecular weight is 437 g/mol. The number of nitrogens with one attached hydrogen (secondary N) is 1. The lowest BCUT2D eigenvalue weighted by Crippen LogP contribution is -2.38. The number of sulfonamides is 1. The molecule has 0 bridgehead atoms. The van der Waals surface area contributed by atoms with Crippen molar-refractivity contribution < 1.29 is 22.7 Å². The van der Waals surface area contributed by atoms with Crippen molar-refractivity contribution in [2.75, 3.05) is 39.3 Å². The van der Waals surface area contributed by atoms with Gasteiger partial charge in [0.1, 0.15) is 0 Å². The zero-order valence-electron chi connectivity index (χ0n) is 17.3. The second-order valence-electron chi connectivity index (χ2n) is 7.43. The highest BCUT2D eigenvalue weighted by molar-refractivity contribution is 7.89. The van der Waals surface area contributed by atoms with E-state index >= 15 is 0 Å². The van der Waals surface area contributed by atoms with Crippen LogP contribution in [0.1, 0.15) is 37.0 Å². The Kier molecular flexibility index (Phi) is 8.62. The van der Waals surface area contributed by atoms with Gasteiger partial charge in [-0.25, -0.2) is 17.9 Å². The smallest absolute Gasteiger partial charge is 0.409 e. The summed E-state index contributed by atoms with van der Waals surface area (Å²) in [5.74, 6) is 0.0427. The van der Waals surface area contributed by atoms with Crippen LogP contribution in [0.4, 0.5) is 4.79 Å². The molecule has 0 aromatic heterocycles. The van der Waals surface area contributed by atoms with Crippen molar-refractivity contribution in [2.24, 2.45) is 5.92 Å². The van der Waals surface area contributed by atoms with Crippen molar-refractivity contribution >= 4 is 22.0 Å². The topological polar surface area (TPSA) is 120 Å². The third-order valence-corrected chi connectivity index (χ3v) is 6.00. The lowest BCUT2D eigenvalue weighted by molar-refractivity contribution is 0.0746. The highest BCUT2D eigenvalue weighted by Crippen LogP contribution is 2.14. The Hall–Kier alpha value is -2.64. The molecule has 0 unspecified atom stereocenters. The molecule has 1 heterocycles. The second-order valence-corrected chi connectivity index (χ2v) is 9.20. The maximum atomic E-state index is 12.8. The summed E-state index contributed by atoms with van der Waals surface area (Å²) in [7, 11) is -3.72. The van der Waals surface area contributed by atoms with Crippen LogP contribution in [0.2, 0.25) is 0 Å². The summed E-state index contributed by atoms with van der Waals surface area (Å²) >= 11 is 0. The standard InChI is InChI=1S/C20H28N4O5S/c1-16(2)15-29-20(26)24-12-4-11-23(13-14-24)19(25)17-5-7-18(8-6-17)30(27,28)22-10-3-9-21/h5-8,16,22H,3-4,10-15H2,1-2H3. The predicted octanol–water partition coefficient (Wildman–Crippen LogP) is 1.82. The Morgan fingerprint density at radius 2 is 1.77 bits per heavy atom. The predicted molar refractivity (Wildman–Crippen MR) is 110 cm³/mol. The zero-order chi connectivity index (χ0) is 22.1. The van der Waals surface area contributed by atoms with Gasteiger partial charge >= 0.3 is 6.09 Å². The number of benzene rings is 1. The first-order chi connectivity index (χ1) is 14.2. The first-order valence-electron chi connectivity index (χ1n) is 9.92. The number of hydrogen-bond donors (Lipinski definition) is 1. The van der Waals surface area contributed by atoms with Gasteiger partial charge in [-0.15, -0.1) is 0 Å². The van der Waals surface area contributed by atoms with Crippen LogP contribution in [0.15, 0.2) is 29.2 Å². The third-order valence-electron chi connectivity index (χ3n) is 4.52. The van der Waals surface area contributed by atoms with Crippen molar-refractivity contribution in [2.45, 2.75) is 31.6 Å². The minimum absolute atomic E-state index is 0.0311. The molecule has 1 aliphatic rings. The van der Waals surface area contributed by atoms with Crippen LogP contribution in [-0.2, 0) is 14.8 Å². The van der Waals surface area contributed by atoms with Gasteiger partial charge in [0.25, 0.3) is 5.91 Å². The van der Waals surface area contributed by atoms with E-state index in [0.717, 1.165) is 0 Å². The number of nitrogens with zero attached hydrogens (tertiary/aromatic N) is 3. The molecule has 9 nitrogen and oxygen atoms in total. The van der Waals surface area contributed by atoms with E-state index in [1.54, 1.807) is 9.80 Å². The molecule has 1 fully saturated rings. The van der Waals surface area contributed by atoms with Crippen LogP contribution in [0.25, 0.3) is 0 Å². The fourth-order valence-electron chi connectivity index (χ4n) is 2.92. The molecule has 1 N–H and O–H groups in total. The summed E-state index contributed by atoms with van der Waals surface area (Å²) < 4.78 is 31.9. The minimum atomic E-state index is -3.72. The third kappa shape index (κ3) is 6.71. The van der Waals surface area contributed by atoms with Crippen LogP contribution in [0.5, 0.6) is 0 Å². The largest absolute Gasteiger partial charge is 0.449 e. The van der Waals surface area contributed by atoms with Crippen LogP contribution in [0, 0.1) is 17.2 Å². The zero-order valence-corrected chi connectivity index (χ0v) is 18.2. The Morgan fingerprint density at radius 1 is 1.13 bits per heavy atom. The molecule has 0 aliphatic carbocycles. The lowest BCUT2D eigenvalue weighted by Gasteiger charge is -2.22. The van der Waals surface area contributed by atoms with E-state index in [9.17, 15) is 18.0 Å². The van der Waals surface area contributed by atoms with Crippen molar-refractivity contribution in [1.29, 1.82) is 5.26 Å². The fourth-order valence-corrected chi connectivity index (χ4v) is 3.95. The Bertz CT molecular complexity index is 877. The van der Waals surface area contributed by atoms with Crippen molar-refractivity contribution in [3.8, 4) is 6.07 Å². The maximum absolute atomic E-state index is 12.8. The molecule has 0 spiro atoms. The molecule has 0 radical (unpaired) electrons. The summed E-state index contributed by atoms with van der Waals surface area (Å²) in [5, 5.41) is 8.51. The summed E-state index contributed by atoms with van der Waals surface area (Å²) in [6.45, 7) is 6.12. The average Bonchev–Trinajstić information content (AvgIpc) is 2.98. The van der Waals surface area contributed by atoms with Crippen molar-refractivity contribution in [3.63, 3.8) is 0 Å². The summed E-state index contributed by atoms with van der Waals surface area (Å²) in [4.78, 5) is 28.3. The van der Waals surface area contributed by atoms with E-state index in [4.69, 9.17) is 10.00 Å². The molecule has 1 saturated heterocycles. The molecule has 164 valence electrons. The monoisotopic (exact) mass is 436 g/mol. The highest BCUT2D eigenvalue weighted by atomic mass is 32.2. The molecular formula is C20H28N4O5S. The number of nitriles is 1. The van der Waals surface area contributed by atoms with Gasteiger partial charge in [0.15, 0.2) is 0 Å². The molecule has 1 aromatic rings. The van der Waals surface area contributed by atoms with Crippen molar-refractivity contribution in [3.05, 3.63) is 29.8 Å². The van der Waals surface area contributed by atoms with Crippen LogP contribution < -0.4 is 4.72 Å². The Labute approximate surface area is 177 Å². The van der Waals surface area contributed by atoms with E-state index in [-0.39, 0.29) is 35.8 Å². The molecule has 0 atom stereocenters. The molecule has 2 rings (SSSR count). The molecule has 1 aliphatic heterocycles. The Morgan fingerprint density at radius 3 is 2.40 bits per heavy atom. The van der Waals surface area contributed by atoms with Gasteiger partial charge in [0.2, 0.25) is 10.0 Å². The summed E-state index contributed by atoms with van der Waals surface area (Å²) in [6.07, 6.45) is 0.348. The van der Waals surface area contributed by atoms with E-state index in [1.165, 1.54) is 24.3 Å². The number of ether oxygens (including phenoxy) is 1. The van der Waals surface area contributed by atoms with Gasteiger partial charge in [0.05, 0.1) is 17.6 Å². The highest BCUT2D eigenvalue weighted by Gasteiger charge is 2.24. The molecular weight excluding hydrogens is 408 g/mol. The number of carbonyl (C=O) groups is 2. The number of amides is 2. The second kappa shape index (κ2) is 10.9. The van der Waals surface area contributed by atoms with Gasteiger partial charge in [-0.1, -0.05) is 13.8 Å². The molecule has 0 saturated carbocycles. The van der Waals surface area contributed by atoms with Crippen LogP contribution in [0.3, 0.4) is 0 Å². The van der Waals surface area contributed by atoms with Gasteiger partial charge in [-0.05, 0) is 36.6 Å². The minimum Gasteiger partial charge on any atom is -0.449 e. The lowest BCUT2D eigenvalue weighted by atomic mass is 10.2. The van der Waals surface area contributed by atoms with E-state index in [1.807, 2.05) is 19.9 Å². The fraction of sp³-hybridized carbons (Fsp3) is 0.550. The van der Waals surface area contributed by atoms with Gasteiger partial charge in [0, 0.05) is 44.7 Å². The SMILES string of the molecule is CC(C)COC(=O)N1CCCN(C(=O)c2ccc(S(=O)(=O)NCCC#N)cc2)CC1. The van der Waals surface area contributed by atoms with Gasteiger partial charge in [-0.3, -0.25) is 4.79 Å². The maximum Gasteiger partial charge on any atom is 0.409 e. The van der Waals surface area contributed by atoms with E-state index in [2.05, 4.69) is 4.72 Å². The normalized spacial score (nSPS) is 14.9. The number of carbonyl (C=O) groups excluding carboxylic acids is 2. The molecule has 1 aromatic carbocycles. The van der Waals surface area contributed by atoms with Crippen LogP contribution in [-0.4, -0.2) is 69.5 Å². The summed E-state index contributed by atoms with van der Waals surface area (Å²) in [6, 6.07) is 7.56. The summed E-state index contributed by atoms with van der Waals surface area (Å²) in [5.41, 5.74) is 0.377. The molecule has 2 amide bonds. The van der Waals surface area contributed by atoms with E-state index < -0.39 is 10.0 Å². The Balaban J connectivity index is 1.97. The number of rotatable bonds is 7. The van der Waals surface area contributed by atoms with Gasteiger partial charge < -0.3 is 14.5 Å². The van der Waals surface area contributed by atoms with E-state index in [0.29, 0.717) is 44.8 Å².